The van der Waals surface area contributed by atoms with E-state index in [9.17, 15) is 14.3 Å². The number of rotatable bonds is 4. The van der Waals surface area contributed by atoms with Gasteiger partial charge in [0.05, 0.1) is 18.6 Å². The second-order valence-corrected chi connectivity index (χ2v) is 6.03. The molecule has 6 nitrogen and oxygen atoms in total. The fourth-order valence-electron chi connectivity index (χ4n) is 2.83. The lowest BCUT2D eigenvalue weighted by Gasteiger charge is -2.37. The topological polar surface area (TPSA) is 83.0 Å². The van der Waals surface area contributed by atoms with Crippen molar-refractivity contribution in [1.29, 1.82) is 0 Å². The Kier molecular flexibility index (Phi) is 5.63. The standard InChI is InChI=1S/C14H21ClFN3O3/c1-2-22-11(20)7-14(21)5-3-4-9(6-14)18-12-10(16)8-17-13(15)19-12/h8-9,13,17,21H,2-7H2,1H3,(H,18,19)/t9-,13?,14-/m0/s1. The van der Waals surface area contributed by atoms with Crippen molar-refractivity contribution in [2.45, 2.75) is 56.3 Å². The van der Waals surface area contributed by atoms with Gasteiger partial charge >= 0.3 is 5.97 Å². The summed E-state index contributed by atoms with van der Waals surface area (Å²) >= 11 is 5.79. The number of nitrogens with one attached hydrogen (secondary N) is 2. The highest BCUT2D eigenvalue weighted by atomic mass is 35.5. The van der Waals surface area contributed by atoms with E-state index in [4.69, 9.17) is 16.3 Å². The lowest BCUT2D eigenvalue weighted by atomic mass is 9.79. The normalized spacial score (nSPS) is 31.6. The number of halogens is 2. The molecule has 3 N–H and O–H groups in total. The number of amidine groups is 1. The molecular weight excluding hydrogens is 313 g/mol. The van der Waals surface area contributed by atoms with Gasteiger partial charge in [0.2, 0.25) is 0 Å². The lowest BCUT2D eigenvalue weighted by Crippen LogP contribution is -2.48. The van der Waals surface area contributed by atoms with Crippen LogP contribution in [0.25, 0.3) is 0 Å². The summed E-state index contributed by atoms with van der Waals surface area (Å²) in [6.45, 7) is 2.01. The monoisotopic (exact) mass is 333 g/mol. The minimum absolute atomic E-state index is 0.0521. The molecule has 1 heterocycles. The first-order valence-electron chi connectivity index (χ1n) is 7.40. The van der Waals surface area contributed by atoms with Crippen molar-refractivity contribution in [1.82, 2.24) is 10.6 Å². The average molecular weight is 334 g/mol. The molecule has 3 atom stereocenters. The van der Waals surface area contributed by atoms with Crippen molar-refractivity contribution in [3.05, 3.63) is 12.0 Å². The van der Waals surface area contributed by atoms with E-state index in [1.165, 1.54) is 0 Å². The number of aliphatic hydroxyl groups is 1. The second kappa shape index (κ2) is 7.28. The van der Waals surface area contributed by atoms with Crippen molar-refractivity contribution in [3.63, 3.8) is 0 Å². The predicted molar refractivity (Wildman–Crippen MR) is 81.0 cm³/mol. The summed E-state index contributed by atoms with van der Waals surface area (Å²) in [5.41, 5.74) is -1.85. The molecule has 1 aliphatic carbocycles. The van der Waals surface area contributed by atoms with Crippen LogP contribution < -0.4 is 10.6 Å². The number of carbonyl (C=O) groups is 1. The Bertz CT molecular complexity index is 486. The van der Waals surface area contributed by atoms with Gasteiger partial charge in [0.15, 0.2) is 17.3 Å². The Morgan fingerprint density at radius 1 is 1.73 bits per heavy atom. The molecule has 1 aliphatic heterocycles. The first kappa shape index (κ1) is 17.0. The molecular formula is C14H21ClFN3O3. The summed E-state index contributed by atoms with van der Waals surface area (Å²) < 4.78 is 18.6. The number of esters is 1. The summed E-state index contributed by atoms with van der Waals surface area (Å²) in [6, 6.07) is -0.173. The van der Waals surface area contributed by atoms with Crippen molar-refractivity contribution in [2.24, 2.45) is 4.99 Å². The van der Waals surface area contributed by atoms with Crippen LogP contribution >= 0.6 is 11.6 Å². The summed E-state index contributed by atoms with van der Waals surface area (Å²) in [5.74, 6) is -0.878. The number of hydrogen-bond acceptors (Lipinski definition) is 6. The lowest BCUT2D eigenvalue weighted by molar-refractivity contribution is -0.150. The first-order valence-corrected chi connectivity index (χ1v) is 7.84. The smallest absolute Gasteiger partial charge is 0.308 e. The summed E-state index contributed by atoms with van der Waals surface area (Å²) in [6.07, 6.45) is 3.45. The zero-order chi connectivity index (χ0) is 16.2. The van der Waals surface area contributed by atoms with E-state index in [-0.39, 0.29) is 24.9 Å². The van der Waals surface area contributed by atoms with E-state index in [2.05, 4.69) is 15.6 Å². The average Bonchev–Trinajstić information content (AvgIpc) is 2.42. The van der Waals surface area contributed by atoms with Crippen LogP contribution in [0.15, 0.2) is 17.0 Å². The molecule has 22 heavy (non-hydrogen) atoms. The molecule has 0 spiro atoms. The molecule has 124 valence electrons. The summed E-state index contributed by atoms with van der Waals surface area (Å²) in [4.78, 5) is 15.5. The number of nitrogens with zero attached hydrogens (tertiary/aromatic N) is 1. The van der Waals surface area contributed by atoms with E-state index in [1.54, 1.807) is 6.92 Å². The fourth-order valence-corrected chi connectivity index (χ4v) is 2.99. The van der Waals surface area contributed by atoms with Gasteiger partial charge in [-0.25, -0.2) is 9.38 Å². The molecule has 0 aromatic rings. The molecule has 0 aromatic heterocycles. The first-order chi connectivity index (χ1) is 10.4. The molecule has 0 saturated heterocycles. The highest BCUT2D eigenvalue weighted by Crippen LogP contribution is 2.32. The summed E-state index contributed by atoms with van der Waals surface area (Å²) in [7, 11) is 0. The van der Waals surface area contributed by atoms with Gasteiger partial charge in [-0.15, -0.1) is 0 Å². The number of aliphatic imine (C=N–C) groups is 1. The van der Waals surface area contributed by atoms with Crippen LogP contribution in [-0.2, 0) is 9.53 Å². The molecule has 1 fully saturated rings. The number of alkyl halides is 1. The van der Waals surface area contributed by atoms with Crippen LogP contribution in [0.1, 0.15) is 39.0 Å². The van der Waals surface area contributed by atoms with Gasteiger partial charge in [0, 0.05) is 12.2 Å². The van der Waals surface area contributed by atoms with E-state index >= 15 is 0 Å². The minimum Gasteiger partial charge on any atom is -0.466 e. The molecule has 0 radical (unpaired) electrons. The zero-order valence-electron chi connectivity index (χ0n) is 12.4. The molecule has 1 saturated carbocycles. The maximum atomic E-state index is 13.7. The van der Waals surface area contributed by atoms with Gasteiger partial charge in [-0.05, 0) is 32.6 Å². The fraction of sp³-hybridized carbons (Fsp3) is 0.714. The van der Waals surface area contributed by atoms with E-state index in [0.29, 0.717) is 12.8 Å². The van der Waals surface area contributed by atoms with Gasteiger partial charge in [-0.1, -0.05) is 11.6 Å². The Morgan fingerprint density at radius 2 is 2.50 bits per heavy atom. The van der Waals surface area contributed by atoms with E-state index in [1.807, 2.05) is 0 Å². The van der Waals surface area contributed by atoms with Crippen molar-refractivity contribution in [2.75, 3.05) is 6.61 Å². The van der Waals surface area contributed by atoms with Gasteiger partial charge in [-0.3, -0.25) is 4.79 Å². The Morgan fingerprint density at radius 3 is 3.23 bits per heavy atom. The van der Waals surface area contributed by atoms with Crippen molar-refractivity contribution >= 4 is 23.4 Å². The van der Waals surface area contributed by atoms with E-state index in [0.717, 1.165) is 19.0 Å². The van der Waals surface area contributed by atoms with Crippen LogP contribution in [0.3, 0.4) is 0 Å². The van der Waals surface area contributed by atoms with Crippen LogP contribution in [0.2, 0.25) is 0 Å². The Labute approximate surface area is 133 Å². The molecule has 2 aliphatic rings. The highest BCUT2D eigenvalue weighted by Gasteiger charge is 2.37. The molecule has 0 aromatic carbocycles. The van der Waals surface area contributed by atoms with Gasteiger partial charge in [0.1, 0.15) is 0 Å². The molecule has 2 rings (SSSR count). The number of hydrogen-bond donors (Lipinski definition) is 3. The maximum Gasteiger partial charge on any atom is 0.308 e. The van der Waals surface area contributed by atoms with Gasteiger partial charge in [0.25, 0.3) is 0 Å². The Hall–Kier alpha value is -1.34. The number of ether oxygens (including phenoxy) is 1. The molecule has 1 unspecified atom stereocenters. The quantitative estimate of drug-likeness (QED) is 0.413. The SMILES string of the molecule is CCOC(=O)C[C@]1(O)CCC[C@H](NC2=NC(Cl)NC=C2F)C1. The third-order valence-electron chi connectivity index (χ3n) is 3.76. The summed E-state index contributed by atoms with van der Waals surface area (Å²) in [5, 5.41) is 16.1. The van der Waals surface area contributed by atoms with Crippen LogP contribution in [0, 0.1) is 0 Å². The van der Waals surface area contributed by atoms with Crippen LogP contribution in [0.4, 0.5) is 4.39 Å². The van der Waals surface area contributed by atoms with Gasteiger partial charge < -0.3 is 20.5 Å². The third-order valence-corrected chi connectivity index (χ3v) is 3.98. The molecule has 8 heteroatoms. The van der Waals surface area contributed by atoms with Crippen LogP contribution in [-0.4, -0.2) is 40.8 Å². The van der Waals surface area contributed by atoms with Crippen molar-refractivity contribution < 1.29 is 19.0 Å². The largest absolute Gasteiger partial charge is 0.466 e. The highest BCUT2D eigenvalue weighted by molar-refractivity contribution is 6.21. The third kappa shape index (κ3) is 4.58. The molecule has 0 amide bonds. The molecule has 0 bridgehead atoms. The van der Waals surface area contributed by atoms with Gasteiger partial charge in [-0.2, -0.15) is 0 Å². The zero-order valence-corrected chi connectivity index (χ0v) is 13.2. The number of carbonyl (C=O) groups excluding carboxylic acids is 1. The predicted octanol–water partition coefficient (Wildman–Crippen LogP) is 1.54. The van der Waals surface area contributed by atoms with E-state index < -0.39 is 23.0 Å². The maximum absolute atomic E-state index is 13.7. The second-order valence-electron chi connectivity index (χ2n) is 5.62. The van der Waals surface area contributed by atoms with Crippen molar-refractivity contribution in [3.8, 4) is 0 Å². The van der Waals surface area contributed by atoms with Crippen LogP contribution in [0.5, 0.6) is 0 Å². The Balaban J connectivity index is 1.95. The minimum atomic E-state index is -1.13.